The summed E-state index contributed by atoms with van der Waals surface area (Å²) in [6, 6.07) is 0. The molecule has 1 aliphatic rings. The third-order valence-electron chi connectivity index (χ3n) is 3.27. The third-order valence-corrected chi connectivity index (χ3v) is 3.27. The van der Waals surface area contributed by atoms with E-state index in [0.29, 0.717) is 18.5 Å². The summed E-state index contributed by atoms with van der Waals surface area (Å²) in [6.07, 6.45) is 6.72. The fraction of sp³-hybridized carbons (Fsp3) is 0.692. The summed E-state index contributed by atoms with van der Waals surface area (Å²) < 4.78 is 7.31. The van der Waals surface area contributed by atoms with Crippen molar-refractivity contribution < 1.29 is 4.74 Å². The van der Waals surface area contributed by atoms with Gasteiger partial charge in [0, 0.05) is 32.6 Å². The van der Waals surface area contributed by atoms with E-state index in [1.807, 2.05) is 0 Å². The molecule has 0 unspecified atom stereocenters. The monoisotopic (exact) mass is 266 g/mol. The molecule has 106 valence electrons. The van der Waals surface area contributed by atoms with Gasteiger partial charge >= 0.3 is 0 Å². The molecule has 1 aromatic rings. The van der Waals surface area contributed by atoms with E-state index in [-0.39, 0.29) is 5.56 Å². The van der Waals surface area contributed by atoms with Crippen LogP contribution in [0.5, 0.6) is 0 Å². The maximum atomic E-state index is 11.7. The average molecular weight is 266 g/mol. The quantitative estimate of drug-likeness (QED) is 0.727. The van der Waals surface area contributed by atoms with Gasteiger partial charge in [0.1, 0.15) is 0 Å². The minimum Gasteiger partial charge on any atom is -0.378 e. The molecule has 1 aromatic heterocycles. The summed E-state index contributed by atoms with van der Waals surface area (Å²) in [5, 5.41) is 6.37. The smallest absolute Gasteiger partial charge is 0.293 e. The van der Waals surface area contributed by atoms with Gasteiger partial charge in [-0.3, -0.25) is 4.79 Å². The lowest BCUT2D eigenvalue weighted by atomic mass is 10.1. The molecule has 0 amide bonds. The molecule has 2 heterocycles. The summed E-state index contributed by atoms with van der Waals surface area (Å²) in [6.45, 7) is 3.53. The minimum atomic E-state index is -0.0956. The fourth-order valence-corrected chi connectivity index (χ4v) is 2.11. The summed E-state index contributed by atoms with van der Waals surface area (Å²) >= 11 is 0. The molecule has 0 aromatic carbocycles. The number of hydrogen-bond acceptors (Lipinski definition) is 5. The SMILES string of the molecule is Cn1ccnc(NCCCOC2CCNCC2)c1=O. The largest absolute Gasteiger partial charge is 0.378 e. The number of aryl methyl sites for hydroxylation is 1. The first-order valence-electron chi connectivity index (χ1n) is 6.85. The average Bonchev–Trinajstić information content (AvgIpc) is 2.44. The number of nitrogens with zero attached hydrogens (tertiary/aromatic N) is 2. The molecule has 0 radical (unpaired) electrons. The van der Waals surface area contributed by atoms with E-state index in [1.54, 1.807) is 19.4 Å². The van der Waals surface area contributed by atoms with Crippen LogP contribution in [0.4, 0.5) is 5.82 Å². The van der Waals surface area contributed by atoms with Crippen LogP contribution in [0.25, 0.3) is 0 Å². The highest BCUT2D eigenvalue weighted by atomic mass is 16.5. The topological polar surface area (TPSA) is 68.2 Å². The Morgan fingerprint density at radius 2 is 2.32 bits per heavy atom. The van der Waals surface area contributed by atoms with Crippen LogP contribution in [0.2, 0.25) is 0 Å². The van der Waals surface area contributed by atoms with E-state index in [4.69, 9.17) is 4.74 Å². The van der Waals surface area contributed by atoms with Crippen LogP contribution in [0.3, 0.4) is 0 Å². The molecule has 2 rings (SSSR count). The van der Waals surface area contributed by atoms with E-state index in [1.165, 1.54) is 4.57 Å². The minimum absolute atomic E-state index is 0.0956. The molecule has 0 saturated carbocycles. The number of rotatable bonds is 6. The molecule has 1 saturated heterocycles. The van der Waals surface area contributed by atoms with Crippen molar-refractivity contribution >= 4 is 5.82 Å². The van der Waals surface area contributed by atoms with E-state index < -0.39 is 0 Å². The number of hydrogen-bond donors (Lipinski definition) is 2. The molecule has 1 aliphatic heterocycles. The van der Waals surface area contributed by atoms with Crippen molar-refractivity contribution in [3.63, 3.8) is 0 Å². The fourth-order valence-electron chi connectivity index (χ4n) is 2.11. The van der Waals surface area contributed by atoms with Gasteiger partial charge in [-0.25, -0.2) is 4.98 Å². The molecule has 1 fully saturated rings. The lowest BCUT2D eigenvalue weighted by Gasteiger charge is -2.22. The van der Waals surface area contributed by atoms with Crippen LogP contribution in [-0.4, -0.2) is 41.9 Å². The number of nitrogens with one attached hydrogen (secondary N) is 2. The van der Waals surface area contributed by atoms with Crippen molar-refractivity contribution in [2.24, 2.45) is 7.05 Å². The normalized spacial score (nSPS) is 16.5. The van der Waals surface area contributed by atoms with Gasteiger partial charge in [-0.2, -0.15) is 0 Å². The lowest BCUT2D eigenvalue weighted by molar-refractivity contribution is 0.0329. The van der Waals surface area contributed by atoms with Gasteiger partial charge in [0.15, 0.2) is 5.82 Å². The zero-order chi connectivity index (χ0) is 13.5. The second kappa shape index (κ2) is 7.25. The molecule has 6 heteroatoms. The Morgan fingerprint density at radius 1 is 1.53 bits per heavy atom. The summed E-state index contributed by atoms with van der Waals surface area (Å²) in [5.41, 5.74) is -0.0956. The molecular formula is C13H22N4O2. The Bertz CT molecular complexity index is 441. The maximum Gasteiger partial charge on any atom is 0.293 e. The molecule has 2 N–H and O–H groups in total. The van der Waals surface area contributed by atoms with Crippen LogP contribution < -0.4 is 16.2 Å². The third kappa shape index (κ3) is 4.33. The maximum absolute atomic E-state index is 11.7. The Labute approximate surface area is 113 Å². The van der Waals surface area contributed by atoms with Crippen molar-refractivity contribution in [2.75, 3.05) is 31.6 Å². The molecule has 19 heavy (non-hydrogen) atoms. The second-order valence-electron chi connectivity index (χ2n) is 4.79. The van der Waals surface area contributed by atoms with Crippen molar-refractivity contribution in [2.45, 2.75) is 25.4 Å². The van der Waals surface area contributed by atoms with Gasteiger partial charge < -0.3 is 19.9 Å². The van der Waals surface area contributed by atoms with Gasteiger partial charge in [-0.1, -0.05) is 0 Å². The molecule has 0 atom stereocenters. The van der Waals surface area contributed by atoms with E-state index in [9.17, 15) is 4.79 Å². The number of ether oxygens (including phenoxy) is 1. The van der Waals surface area contributed by atoms with Crippen LogP contribution in [0.15, 0.2) is 17.2 Å². The van der Waals surface area contributed by atoms with Gasteiger partial charge in [-0.05, 0) is 32.4 Å². The zero-order valence-electron chi connectivity index (χ0n) is 11.4. The Morgan fingerprint density at radius 3 is 3.11 bits per heavy atom. The molecule has 6 nitrogen and oxygen atoms in total. The highest BCUT2D eigenvalue weighted by Gasteiger charge is 2.12. The highest BCUT2D eigenvalue weighted by Crippen LogP contribution is 2.07. The number of piperidine rings is 1. The Balaban J connectivity index is 1.64. The van der Waals surface area contributed by atoms with Crippen LogP contribution in [0, 0.1) is 0 Å². The number of anilines is 1. The van der Waals surface area contributed by atoms with Gasteiger partial charge in [0.05, 0.1) is 6.10 Å². The van der Waals surface area contributed by atoms with Crippen molar-refractivity contribution in [3.8, 4) is 0 Å². The first-order valence-corrected chi connectivity index (χ1v) is 6.85. The van der Waals surface area contributed by atoms with E-state index in [2.05, 4.69) is 15.6 Å². The summed E-state index contributed by atoms with van der Waals surface area (Å²) in [7, 11) is 1.72. The summed E-state index contributed by atoms with van der Waals surface area (Å²) in [5.74, 6) is 0.409. The zero-order valence-corrected chi connectivity index (χ0v) is 11.4. The van der Waals surface area contributed by atoms with Crippen LogP contribution in [-0.2, 0) is 11.8 Å². The molecular weight excluding hydrogens is 244 g/mol. The standard InChI is InChI=1S/C13H22N4O2/c1-17-9-8-16-12(13(17)18)15-5-2-10-19-11-3-6-14-7-4-11/h8-9,11,14H,2-7,10H2,1H3,(H,15,16). The Hall–Kier alpha value is -1.40. The van der Waals surface area contributed by atoms with Crippen molar-refractivity contribution in [3.05, 3.63) is 22.7 Å². The van der Waals surface area contributed by atoms with Gasteiger partial charge in [-0.15, -0.1) is 0 Å². The predicted octanol–water partition coefficient (Wildman–Crippen LogP) is 0.351. The molecule has 0 aliphatic carbocycles. The first kappa shape index (κ1) is 14.0. The lowest BCUT2D eigenvalue weighted by Crippen LogP contribution is -2.32. The van der Waals surface area contributed by atoms with Gasteiger partial charge in [0.2, 0.25) is 0 Å². The highest BCUT2D eigenvalue weighted by molar-refractivity contribution is 5.30. The van der Waals surface area contributed by atoms with E-state index in [0.717, 1.165) is 39.0 Å². The first-order chi connectivity index (χ1) is 9.27. The number of aromatic nitrogens is 2. The van der Waals surface area contributed by atoms with Crippen LogP contribution in [0.1, 0.15) is 19.3 Å². The predicted molar refractivity (Wildman–Crippen MR) is 74.4 cm³/mol. The van der Waals surface area contributed by atoms with Crippen LogP contribution >= 0.6 is 0 Å². The second-order valence-corrected chi connectivity index (χ2v) is 4.79. The van der Waals surface area contributed by atoms with Gasteiger partial charge in [0.25, 0.3) is 5.56 Å². The Kier molecular flexibility index (Phi) is 5.35. The van der Waals surface area contributed by atoms with E-state index >= 15 is 0 Å². The van der Waals surface area contributed by atoms with Crippen molar-refractivity contribution in [1.82, 2.24) is 14.9 Å². The molecule has 0 bridgehead atoms. The molecule has 0 spiro atoms. The van der Waals surface area contributed by atoms with Crippen molar-refractivity contribution in [1.29, 1.82) is 0 Å². The summed E-state index contributed by atoms with van der Waals surface area (Å²) in [4.78, 5) is 15.7.